The molecule has 0 saturated carbocycles. The van der Waals surface area contributed by atoms with E-state index in [4.69, 9.17) is 9.15 Å². The molecule has 4 rings (SSSR count). The second kappa shape index (κ2) is 5.78. The number of benzene rings is 3. The summed E-state index contributed by atoms with van der Waals surface area (Å²) < 4.78 is 11.3. The molecule has 0 amide bonds. The Balaban J connectivity index is 2.03. The molecule has 0 radical (unpaired) electrons. The predicted octanol–water partition coefficient (Wildman–Crippen LogP) is 5.48. The molecule has 0 unspecified atom stereocenters. The lowest BCUT2D eigenvalue weighted by Gasteiger charge is -2.06. The van der Waals surface area contributed by atoms with Crippen LogP contribution in [0.4, 0.5) is 0 Å². The molecule has 4 aromatic rings. The molecule has 1 aromatic heterocycles. The minimum absolute atomic E-state index is 0.212. The van der Waals surface area contributed by atoms with Crippen LogP contribution in [0.1, 0.15) is 0 Å². The molecule has 0 spiro atoms. The zero-order valence-corrected chi connectivity index (χ0v) is 13.2. The molecule has 0 fully saturated rings. The lowest BCUT2D eigenvalue weighted by molar-refractivity contribution is 0.415. The van der Waals surface area contributed by atoms with Gasteiger partial charge in [0, 0.05) is 11.1 Å². The van der Waals surface area contributed by atoms with Crippen LogP contribution in [0, 0.1) is 0 Å². The fraction of sp³-hybridized carbons (Fsp3) is 0.0476. The Hall–Kier alpha value is -3.20. The molecule has 118 valence electrons. The number of ether oxygens (including phenoxy) is 1. The Morgan fingerprint density at radius 2 is 1.54 bits per heavy atom. The predicted molar refractivity (Wildman–Crippen MR) is 95.3 cm³/mol. The molecular formula is C21H16O3. The van der Waals surface area contributed by atoms with E-state index >= 15 is 0 Å². The van der Waals surface area contributed by atoms with Crippen molar-refractivity contribution in [2.24, 2.45) is 0 Å². The third kappa shape index (κ3) is 2.31. The topological polar surface area (TPSA) is 42.6 Å². The summed E-state index contributed by atoms with van der Waals surface area (Å²) in [6.45, 7) is 0. The van der Waals surface area contributed by atoms with Gasteiger partial charge in [-0.15, -0.1) is 0 Å². The molecule has 0 atom stereocenters. The van der Waals surface area contributed by atoms with Crippen LogP contribution in [-0.2, 0) is 0 Å². The first-order valence-corrected chi connectivity index (χ1v) is 7.72. The van der Waals surface area contributed by atoms with Gasteiger partial charge in [0.15, 0.2) is 0 Å². The molecule has 0 aliphatic heterocycles. The molecule has 3 nitrogen and oxygen atoms in total. The highest BCUT2D eigenvalue weighted by Gasteiger charge is 2.20. The van der Waals surface area contributed by atoms with E-state index in [9.17, 15) is 5.11 Å². The van der Waals surface area contributed by atoms with E-state index in [1.54, 1.807) is 19.2 Å². The normalized spacial score (nSPS) is 10.9. The highest BCUT2D eigenvalue weighted by molar-refractivity contribution is 6.04. The van der Waals surface area contributed by atoms with Crippen molar-refractivity contribution in [1.29, 1.82) is 0 Å². The van der Waals surface area contributed by atoms with Crippen molar-refractivity contribution in [3.63, 3.8) is 0 Å². The number of aromatic hydroxyl groups is 1. The summed E-state index contributed by atoms with van der Waals surface area (Å²) in [5, 5.41) is 11.1. The van der Waals surface area contributed by atoms with Gasteiger partial charge in [-0.1, -0.05) is 48.5 Å². The summed E-state index contributed by atoms with van der Waals surface area (Å²) in [7, 11) is 1.64. The lowest BCUT2D eigenvalue weighted by atomic mass is 9.98. The molecule has 1 heterocycles. The van der Waals surface area contributed by atoms with Crippen LogP contribution in [-0.4, -0.2) is 12.2 Å². The minimum atomic E-state index is 0.212. The van der Waals surface area contributed by atoms with E-state index in [-0.39, 0.29) is 5.75 Å². The molecule has 3 aromatic carbocycles. The van der Waals surface area contributed by atoms with E-state index in [2.05, 4.69) is 0 Å². The average Bonchev–Trinajstić information content (AvgIpc) is 3.03. The quantitative estimate of drug-likeness (QED) is 0.544. The number of rotatable bonds is 3. The van der Waals surface area contributed by atoms with Crippen molar-refractivity contribution >= 4 is 11.0 Å². The summed E-state index contributed by atoms with van der Waals surface area (Å²) in [6, 6.07) is 23.0. The summed E-state index contributed by atoms with van der Waals surface area (Å²) in [5.41, 5.74) is 3.49. The van der Waals surface area contributed by atoms with Gasteiger partial charge in [-0.2, -0.15) is 0 Å². The number of phenolic OH excluding ortho intramolecular Hbond substituents is 1. The number of furan rings is 1. The second-order valence-electron chi connectivity index (χ2n) is 5.55. The molecule has 0 bridgehead atoms. The van der Waals surface area contributed by atoms with Crippen LogP contribution in [0.3, 0.4) is 0 Å². The Kier molecular flexibility index (Phi) is 3.47. The van der Waals surface area contributed by atoms with Gasteiger partial charge in [0.25, 0.3) is 0 Å². The van der Waals surface area contributed by atoms with Crippen LogP contribution < -0.4 is 4.74 Å². The summed E-state index contributed by atoms with van der Waals surface area (Å²) >= 11 is 0. The standard InChI is InChI=1S/C21H16O3/c1-23-16-12-10-14(11-13-16)19-20-17(22)8-5-9-18(20)24-21(19)15-6-3-2-4-7-15/h2-13,22H,1H3. The van der Waals surface area contributed by atoms with Crippen LogP contribution in [0.15, 0.2) is 77.2 Å². The number of hydrogen-bond acceptors (Lipinski definition) is 3. The van der Waals surface area contributed by atoms with Gasteiger partial charge in [-0.3, -0.25) is 0 Å². The molecule has 1 N–H and O–H groups in total. The third-order valence-corrected chi connectivity index (χ3v) is 4.11. The van der Waals surface area contributed by atoms with Crippen molar-refractivity contribution in [3.8, 4) is 33.9 Å². The van der Waals surface area contributed by atoms with Gasteiger partial charge in [-0.25, -0.2) is 0 Å². The molecule has 24 heavy (non-hydrogen) atoms. The largest absolute Gasteiger partial charge is 0.507 e. The molecule has 0 aliphatic rings. The van der Waals surface area contributed by atoms with E-state index in [0.717, 1.165) is 33.6 Å². The van der Waals surface area contributed by atoms with Crippen LogP contribution in [0.5, 0.6) is 11.5 Å². The van der Waals surface area contributed by atoms with Gasteiger partial charge < -0.3 is 14.3 Å². The monoisotopic (exact) mass is 316 g/mol. The summed E-state index contributed by atoms with van der Waals surface area (Å²) in [5.74, 6) is 1.75. The number of methoxy groups -OCH3 is 1. The zero-order valence-electron chi connectivity index (χ0n) is 13.2. The minimum Gasteiger partial charge on any atom is -0.507 e. The maximum Gasteiger partial charge on any atom is 0.143 e. The van der Waals surface area contributed by atoms with Crippen molar-refractivity contribution in [3.05, 3.63) is 72.8 Å². The molecule has 0 saturated heterocycles. The van der Waals surface area contributed by atoms with Crippen molar-refractivity contribution in [2.75, 3.05) is 7.11 Å². The maximum absolute atomic E-state index is 10.4. The lowest BCUT2D eigenvalue weighted by Crippen LogP contribution is -1.84. The second-order valence-corrected chi connectivity index (χ2v) is 5.55. The first kappa shape index (κ1) is 14.4. The van der Waals surface area contributed by atoms with Crippen molar-refractivity contribution in [2.45, 2.75) is 0 Å². The summed E-state index contributed by atoms with van der Waals surface area (Å²) in [4.78, 5) is 0. The maximum atomic E-state index is 10.4. The van der Waals surface area contributed by atoms with Crippen LogP contribution in [0.25, 0.3) is 33.4 Å². The third-order valence-electron chi connectivity index (χ3n) is 4.11. The Bertz CT molecular complexity index is 983. The molecule has 3 heteroatoms. The fourth-order valence-corrected chi connectivity index (χ4v) is 2.96. The van der Waals surface area contributed by atoms with E-state index in [0.29, 0.717) is 5.58 Å². The van der Waals surface area contributed by atoms with Crippen LogP contribution >= 0.6 is 0 Å². The zero-order chi connectivity index (χ0) is 16.5. The van der Waals surface area contributed by atoms with Crippen LogP contribution in [0.2, 0.25) is 0 Å². The SMILES string of the molecule is COc1ccc(-c2c(-c3ccccc3)oc3cccc(O)c23)cc1. The first-order chi connectivity index (χ1) is 11.8. The van der Waals surface area contributed by atoms with Gasteiger partial charge in [0.2, 0.25) is 0 Å². The van der Waals surface area contributed by atoms with E-state index < -0.39 is 0 Å². The highest BCUT2D eigenvalue weighted by Crippen LogP contribution is 2.44. The highest BCUT2D eigenvalue weighted by atomic mass is 16.5. The van der Waals surface area contributed by atoms with Gasteiger partial charge in [-0.05, 0) is 29.8 Å². The Morgan fingerprint density at radius 3 is 2.25 bits per heavy atom. The first-order valence-electron chi connectivity index (χ1n) is 7.72. The van der Waals surface area contributed by atoms with E-state index in [1.165, 1.54) is 0 Å². The number of fused-ring (bicyclic) bond motifs is 1. The number of phenols is 1. The van der Waals surface area contributed by atoms with Crippen molar-refractivity contribution < 1.29 is 14.3 Å². The summed E-state index contributed by atoms with van der Waals surface area (Å²) in [6.07, 6.45) is 0. The molecular weight excluding hydrogens is 300 g/mol. The van der Waals surface area contributed by atoms with E-state index in [1.807, 2.05) is 60.7 Å². The molecule has 0 aliphatic carbocycles. The smallest absolute Gasteiger partial charge is 0.143 e. The van der Waals surface area contributed by atoms with Crippen molar-refractivity contribution in [1.82, 2.24) is 0 Å². The fourth-order valence-electron chi connectivity index (χ4n) is 2.96. The Labute approximate surface area is 139 Å². The average molecular weight is 316 g/mol. The Morgan fingerprint density at radius 1 is 0.792 bits per heavy atom. The van der Waals surface area contributed by atoms with Gasteiger partial charge in [0.1, 0.15) is 22.8 Å². The van der Waals surface area contributed by atoms with Gasteiger partial charge >= 0.3 is 0 Å². The van der Waals surface area contributed by atoms with Gasteiger partial charge in [0.05, 0.1) is 12.5 Å². The number of hydrogen-bond donors (Lipinski definition) is 1.